The van der Waals surface area contributed by atoms with Gasteiger partial charge in [0.2, 0.25) is 0 Å². The summed E-state index contributed by atoms with van der Waals surface area (Å²) in [6, 6.07) is 7.52. The Morgan fingerprint density at radius 3 is 2.52 bits per heavy atom. The van der Waals surface area contributed by atoms with Crippen LogP contribution in [0.15, 0.2) is 24.3 Å². The lowest BCUT2D eigenvalue weighted by Crippen LogP contribution is -2.49. The molecular formula is C15H19N3O3. The Morgan fingerprint density at radius 1 is 1.24 bits per heavy atom. The molecule has 0 spiro atoms. The number of carboxylic acid groups (broad SMARTS) is 1. The first-order valence-electron chi connectivity index (χ1n) is 7.12. The fourth-order valence-electron chi connectivity index (χ4n) is 2.67. The maximum Gasteiger partial charge on any atom is 0.322 e. The minimum Gasteiger partial charge on any atom is -0.481 e. The molecule has 2 aliphatic rings. The zero-order valence-corrected chi connectivity index (χ0v) is 12.0. The number of carbonyl (C=O) groups excluding carboxylic acids is 1. The smallest absolute Gasteiger partial charge is 0.322 e. The molecule has 21 heavy (non-hydrogen) atoms. The number of benzene rings is 1. The van der Waals surface area contributed by atoms with E-state index >= 15 is 0 Å². The third kappa shape index (κ3) is 2.41. The van der Waals surface area contributed by atoms with Crippen molar-refractivity contribution in [1.82, 2.24) is 5.32 Å². The van der Waals surface area contributed by atoms with Gasteiger partial charge < -0.3 is 15.3 Å². The minimum absolute atomic E-state index is 0.204. The summed E-state index contributed by atoms with van der Waals surface area (Å²) < 4.78 is 0. The maximum atomic E-state index is 12.4. The van der Waals surface area contributed by atoms with E-state index < -0.39 is 11.4 Å². The van der Waals surface area contributed by atoms with Crippen LogP contribution in [-0.2, 0) is 4.79 Å². The second kappa shape index (κ2) is 4.95. The van der Waals surface area contributed by atoms with Crippen LogP contribution in [0.1, 0.15) is 12.8 Å². The van der Waals surface area contributed by atoms with E-state index in [1.807, 2.05) is 31.3 Å². The predicted molar refractivity (Wildman–Crippen MR) is 79.8 cm³/mol. The number of para-hydroxylation sites is 2. The van der Waals surface area contributed by atoms with Gasteiger partial charge in [-0.05, 0) is 25.0 Å². The molecule has 1 saturated carbocycles. The van der Waals surface area contributed by atoms with Crippen molar-refractivity contribution in [1.29, 1.82) is 0 Å². The Kier molecular flexibility index (Phi) is 3.23. The average Bonchev–Trinajstić information content (AvgIpc) is 3.27. The molecule has 6 nitrogen and oxygen atoms in total. The highest BCUT2D eigenvalue weighted by Gasteiger charge is 2.50. The van der Waals surface area contributed by atoms with Crippen LogP contribution in [0.5, 0.6) is 0 Å². The number of likely N-dealkylation sites (N-methyl/N-ethyl adjacent to an activating group) is 1. The minimum atomic E-state index is -0.818. The van der Waals surface area contributed by atoms with Gasteiger partial charge >= 0.3 is 12.0 Å². The van der Waals surface area contributed by atoms with Gasteiger partial charge in [0.05, 0.1) is 16.8 Å². The van der Waals surface area contributed by atoms with Crippen LogP contribution in [0.25, 0.3) is 0 Å². The van der Waals surface area contributed by atoms with E-state index in [-0.39, 0.29) is 12.6 Å². The average molecular weight is 289 g/mol. The van der Waals surface area contributed by atoms with Crippen LogP contribution in [0.4, 0.5) is 16.2 Å². The topological polar surface area (TPSA) is 72.9 Å². The molecule has 1 aliphatic carbocycles. The van der Waals surface area contributed by atoms with E-state index in [1.165, 1.54) is 0 Å². The number of carboxylic acids is 1. The number of rotatable bonds is 3. The number of urea groups is 1. The van der Waals surface area contributed by atoms with E-state index in [2.05, 4.69) is 10.2 Å². The van der Waals surface area contributed by atoms with Crippen molar-refractivity contribution < 1.29 is 14.7 Å². The molecule has 0 aromatic heterocycles. The highest BCUT2D eigenvalue weighted by Crippen LogP contribution is 2.45. The van der Waals surface area contributed by atoms with E-state index in [9.17, 15) is 9.59 Å². The zero-order valence-electron chi connectivity index (χ0n) is 12.0. The van der Waals surface area contributed by atoms with Crippen LogP contribution in [0.2, 0.25) is 0 Å². The fraction of sp³-hybridized carbons (Fsp3) is 0.467. The van der Waals surface area contributed by atoms with Crippen molar-refractivity contribution in [3.05, 3.63) is 24.3 Å². The Balaban J connectivity index is 1.71. The van der Waals surface area contributed by atoms with Gasteiger partial charge in [-0.2, -0.15) is 0 Å². The molecule has 0 atom stereocenters. The molecule has 1 aromatic rings. The number of carbonyl (C=O) groups is 2. The van der Waals surface area contributed by atoms with Crippen LogP contribution >= 0.6 is 0 Å². The van der Waals surface area contributed by atoms with Crippen molar-refractivity contribution >= 4 is 23.4 Å². The Bertz CT molecular complexity index is 583. The highest BCUT2D eigenvalue weighted by molar-refractivity contribution is 5.97. The molecule has 1 aliphatic heterocycles. The summed E-state index contributed by atoms with van der Waals surface area (Å²) in [5.41, 5.74) is 1.14. The summed E-state index contributed by atoms with van der Waals surface area (Å²) in [6.45, 7) is 1.56. The fourth-order valence-corrected chi connectivity index (χ4v) is 2.67. The van der Waals surface area contributed by atoms with Gasteiger partial charge in [-0.1, -0.05) is 12.1 Å². The van der Waals surface area contributed by atoms with E-state index in [0.717, 1.165) is 17.9 Å². The lowest BCUT2D eigenvalue weighted by atomic mass is 10.1. The van der Waals surface area contributed by atoms with Crippen molar-refractivity contribution in [2.45, 2.75) is 12.8 Å². The predicted octanol–water partition coefficient (Wildman–Crippen LogP) is 1.52. The third-order valence-electron chi connectivity index (χ3n) is 4.37. The number of anilines is 2. The number of aliphatic carboxylic acids is 1. The first kappa shape index (κ1) is 13.7. The van der Waals surface area contributed by atoms with Crippen molar-refractivity contribution in [3.63, 3.8) is 0 Å². The molecule has 112 valence electrons. The first-order chi connectivity index (χ1) is 10.0. The number of amides is 2. The number of hydrogen-bond donors (Lipinski definition) is 2. The largest absolute Gasteiger partial charge is 0.481 e. The summed E-state index contributed by atoms with van der Waals surface area (Å²) >= 11 is 0. The van der Waals surface area contributed by atoms with E-state index in [0.29, 0.717) is 19.4 Å². The Hall–Kier alpha value is -2.24. The molecule has 1 aromatic carbocycles. The number of nitrogens with one attached hydrogen (secondary N) is 1. The molecule has 0 radical (unpaired) electrons. The van der Waals surface area contributed by atoms with Gasteiger partial charge in [-0.15, -0.1) is 0 Å². The summed E-state index contributed by atoms with van der Waals surface area (Å²) in [5, 5.41) is 11.9. The zero-order chi connectivity index (χ0) is 15.0. The molecule has 1 heterocycles. The molecule has 6 heteroatoms. The monoisotopic (exact) mass is 289 g/mol. The van der Waals surface area contributed by atoms with Crippen molar-refractivity contribution in [2.75, 3.05) is 36.5 Å². The van der Waals surface area contributed by atoms with Gasteiger partial charge in [-0.3, -0.25) is 9.69 Å². The first-order valence-corrected chi connectivity index (χ1v) is 7.12. The van der Waals surface area contributed by atoms with Gasteiger partial charge in [0.1, 0.15) is 0 Å². The summed E-state index contributed by atoms with van der Waals surface area (Å²) in [4.78, 5) is 27.3. The standard InChI is InChI=1S/C15H19N3O3/c1-17-8-9-18(12-5-3-2-4-11(12)17)14(21)16-10-15(6-7-15)13(19)20/h2-5H,6-10H2,1H3,(H,16,21)(H,19,20). The lowest BCUT2D eigenvalue weighted by molar-refractivity contribution is -0.143. The molecular weight excluding hydrogens is 270 g/mol. The number of fused-ring (bicyclic) bond motifs is 1. The van der Waals surface area contributed by atoms with E-state index in [1.54, 1.807) is 4.90 Å². The summed E-state index contributed by atoms with van der Waals surface area (Å²) in [5.74, 6) is -0.818. The van der Waals surface area contributed by atoms with Gasteiger partial charge in [-0.25, -0.2) is 4.79 Å². The lowest BCUT2D eigenvalue weighted by Gasteiger charge is -2.35. The van der Waals surface area contributed by atoms with Crippen molar-refractivity contribution in [2.24, 2.45) is 5.41 Å². The van der Waals surface area contributed by atoms with Crippen LogP contribution in [-0.4, -0.2) is 43.8 Å². The highest BCUT2D eigenvalue weighted by atomic mass is 16.4. The summed E-state index contributed by atoms with van der Waals surface area (Å²) in [7, 11) is 2.00. The molecule has 3 rings (SSSR count). The molecule has 2 amide bonds. The van der Waals surface area contributed by atoms with Crippen LogP contribution in [0, 0.1) is 5.41 Å². The van der Waals surface area contributed by atoms with Gasteiger partial charge in [0.15, 0.2) is 0 Å². The number of hydrogen-bond acceptors (Lipinski definition) is 3. The summed E-state index contributed by atoms with van der Waals surface area (Å²) in [6.07, 6.45) is 1.28. The second-order valence-corrected chi connectivity index (χ2v) is 5.81. The number of nitrogens with zero attached hydrogens (tertiary/aromatic N) is 2. The molecule has 1 fully saturated rings. The molecule has 0 saturated heterocycles. The van der Waals surface area contributed by atoms with Gasteiger partial charge in [0.25, 0.3) is 0 Å². The quantitative estimate of drug-likeness (QED) is 0.885. The second-order valence-electron chi connectivity index (χ2n) is 5.81. The molecule has 0 bridgehead atoms. The molecule has 0 unspecified atom stereocenters. The third-order valence-corrected chi connectivity index (χ3v) is 4.37. The van der Waals surface area contributed by atoms with Crippen LogP contribution in [0.3, 0.4) is 0 Å². The molecule has 2 N–H and O–H groups in total. The SMILES string of the molecule is CN1CCN(C(=O)NCC2(C(=O)O)CC2)c2ccccc21. The van der Waals surface area contributed by atoms with Crippen LogP contribution < -0.4 is 15.1 Å². The Morgan fingerprint density at radius 2 is 1.90 bits per heavy atom. The Labute approximate surface area is 123 Å². The maximum absolute atomic E-state index is 12.4. The van der Waals surface area contributed by atoms with E-state index in [4.69, 9.17) is 5.11 Å². The van der Waals surface area contributed by atoms with Gasteiger partial charge in [0, 0.05) is 26.7 Å². The van der Waals surface area contributed by atoms with Crippen molar-refractivity contribution in [3.8, 4) is 0 Å². The normalized spacial score (nSPS) is 18.9.